The van der Waals surface area contributed by atoms with Gasteiger partial charge in [0.05, 0.1) is 5.41 Å². The zero-order valence-electron chi connectivity index (χ0n) is 48.1. The Balaban J connectivity index is 0.000000139. The van der Waals surface area contributed by atoms with Crippen molar-refractivity contribution >= 4 is 105 Å². The molecule has 0 heterocycles. The van der Waals surface area contributed by atoms with Crippen molar-refractivity contribution in [3.05, 3.63) is 338 Å². The molecular weight excluding hydrogens is 1070 g/mol. The van der Waals surface area contributed by atoms with Crippen molar-refractivity contribution in [2.75, 3.05) is 0 Å². The van der Waals surface area contributed by atoms with E-state index >= 15 is 0 Å². The van der Waals surface area contributed by atoms with Crippen molar-refractivity contribution in [3.8, 4) is 66.8 Å². The van der Waals surface area contributed by atoms with Gasteiger partial charge in [-0.2, -0.15) is 0 Å². The fraction of sp³-hybridized carbons (Fsp3) is 0.0227. The second-order valence-corrected chi connectivity index (χ2v) is 24.2. The summed E-state index contributed by atoms with van der Waals surface area (Å²) in [5, 5.41) is 23.6. The molecule has 0 amide bonds. The highest BCUT2D eigenvalue weighted by Crippen LogP contribution is 2.64. The van der Waals surface area contributed by atoms with Crippen molar-refractivity contribution in [1.82, 2.24) is 0 Å². The van der Waals surface area contributed by atoms with Gasteiger partial charge in [0.15, 0.2) is 0 Å². The highest BCUT2D eigenvalue weighted by atomic mass is 14.5. The zero-order chi connectivity index (χ0) is 56.9. The summed E-state index contributed by atoms with van der Waals surface area (Å²) in [6.45, 7) is 0. The lowest BCUT2D eigenvalue weighted by atomic mass is 9.69. The van der Waals surface area contributed by atoms with Crippen molar-refractivity contribution in [1.29, 1.82) is 0 Å². The number of rotatable bonds is 4. The Morgan fingerprint density at radius 1 is 0.180 bits per heavy atom. The van der Waals surface area contributed by atoms with Crippen LogP contribution in [0.2, 0.25) is 0 Å². The Labute approximate surface area is 519 Å². The Morgan fingerprint density at radius 3 is 1.06 bits per heavy atom. The van der Waals surface area contributed by atoms with Crippen LogP contribution in [0.4, 0.5) is 0 Å². The maximum Gasteiger partial charge on any atom is 0.0731 e. The van der Waals surface area contributed by atoms with Gasteiger partial charge in [0, 0.05) is 8.41 Å². The SMILES string of the molecule is C.[B].c1cc(-c2ccc3ccc4cccc5ccc2c3c45)cc(-c2ccc3ccc4cccc5ccc2c3c45)c1.c1ccc2c(c1)-c1ccccc1C21c2cc(-c3ccc4ccccc4c3)ccc2-c2ccc3cc(-c4ccc5ccccc5c4)ccc3c21. The first-order chi connectivity index (χ1) is 43.1. The number of hydrogen-bond donors (Lipinski definition) is 0. The molecule has 0 saturated carbocycles. The number of fused-ring (bicyclic) bond motifs is 14. The van der Waals surface area contributed by atoms with Gasteiger partial charge >= 0.3 is 0 Å². The zero-order valence-corrected chi connectivity index (χ0v) is 48.1. The van der Waals surface area contributed by atoms with Crippen LogP contribution < -0.4 is 0 Å². The van der Waals surface area contributed by atoms with E-state index in [0.29, 0.717) is 0 Å². The van der Waals surface area contributed by atoms with Crippen LogP contribution in [-0.4, -0.2) is 8.41 Å². The molecule has 1 spiro atoms. The molecule has 0 N–H and O–H groups in total. The van der Waals surface area contributed by atoms with Crippen molar-refractivity contribution in [3.63, 3.8) is 0 Å². The Bertz CT molecular complexity index is 5660. The van der Waals surface area contributed by atoms with Gasteiger partial charge in [0.25, 0.3) is 0 Å². The maximum absolute atomic E-state index is 2.49. The molecule has 89 heavy (non-hydrogen) atoms. The van der Waals surface area contributed by atoms with Crippen LogP contribution in [0.5, 0.6) is 0 Å². The van der Waals surface area contributed by atoms with Crippen LogP contribution >= 0.6 is 0 Å². The third kappa shape index (κ3) is 7.62. The molecule has 3 radical (unpaired) electrons. The van der Waals surface area contributed by atoms with E-state index in [1.54, 1.807) is 0 Å². The first-order valence-electron chi connectivity index (χ1n) is 30.4. The topological polar surface area (TPSA) is 0 Å². The van der Waals surface area contributed by atoms with Gasteiger partial charge in [0.1, 0.15) is 0 Å². The van der Waals surface area contributed by atoms with Crippen molar-refractivity contribution < 1.29 is 0 Å². The minimum atomic E-state index is -0.422. The minimum absolute atomic E-state index is 0. The van der Waals surface area contributed by atoms with Gasteiger partial charge in [-0.3, -0.25) is 0 Å². The lowest BCUT2D eigenvalue weighted by Crippen LogP contribution is -2.26. The second-order valence-electron chi connectivity index (χ2n) is 24.2. The minimum Gasteiger partial charge on any atom is -0.0776 e. The van der Waals surface area contributed by atoms with Gasteiger partial charge in [-0.1, -0.05) is 293 Å². The van der Waals surface area contributed by atoms with Crippen LogP contribution in [0.15, 0.2) is 315 Å². The summed E-state index contributed by atoms with van der Waals surface area (Å²) in [5.41, 5.74) is 20.5. The summed E-state index contributed by atoms with van der Waals surface area (Å²) in [6, 6.07) is 118. The van der Waals surface area contributed by atoms with Crippen LogP contribution in [0, 0.1) is 0 Å². The molecule has 0 aromatic heterocycles. The third-order valence-corrected chi connectivity index (χ3v) is 19.8. The highest BCUT2D eigenvalue weighted by molar-refractivity contribution is 6.27. The van der Waals surface area contributed by atoms with Crippen LogP contribution in [0.3, 0.4) is 0 Å². The van der Waals surface area contributed by atoms with E-state index in [0.717, 1.165) is 0 Å². The van der Waals surface area contributed by atoms with Crippen molar-refractivity contribution in [2.45, 2.75) is 12.8 Å². The molecule has 411 valence electrons. The van der Waals surface area contributed by atoms with E-state index < -0.39 is 5.41 Å². The first kappa shape index (κ1) is 52.2. The van der Waals surface area contributed by atoms with Gasteiger partial charge < -0.3 is 0 Å². The van der Waals surface area contributed by atoms with E-state index in [1.165, 1.54) is 186 Å². The summed E-state index contributed by atoms with van der Waals surface area (Å²) in [5.74, 6) is 0. The third-order valence-electron chi connectivity index (χ3n) is 19.8. The lowest BCUT2D eigenvalue weighted by Gasteiger charge is -2.31. The predicted octanol–water partition coefficient (Wildman–Crippen LogP) is 23.9. The van der Waals surface area contributed by atoms with E-state index in [2.05, 4.69) is 315 Å². The summed E-state index contributed by atoms with van der Waals surface area (Å²) in [4.78, 5) is 0. The standard InChI is InChI=1S/C49H30.C38H22.CH4.B/c1-3-11-33-27-35(19-17-31(33)9-1)37-21-24-40-39(29-37)23-26-44-43-25-22-38(36-20-18-32-10-2-4-12-34(32)28-36)30-47(43)49(48(40)44)45-15-7-5-13-41(45)42-14-6-8-16-46(42)49;1-4-23-10-12-27-14-18-31(33-20-16-25(6-1)35(23)37(27)33)29-8-3-9-30(22-29)32-19-15-28-13-11-24-5-2-7-26-17-21-34(32)38(28)36(24)26;;/h1-30H;1-22H;1H4;. The lowest BCUT2D eigenvalue weighted by molar-refractivity contribution is 0.801. The van der Waals surface area contributed by atoms with Gasteiger partial charge in [-0.05, 0) is 216 Å². The maximum atomic E-state index is 2.49. The average Bonchev–Trinajstić information content (AvgIpc) is 1.51. The van der Waals surface area contributed by atoms with Gasteiger partial charge in [-0.15, -0.1) is 0 Å². The second kappa shape index (κ2) is 20.0. The van der Waals surface area contributed by atoms with Crippen molar-refractivity contribution in [2.24, 2.45) is 0 Å². The summed E-state index contributed by atoms with van der Waals surface area (Å²) < 4.78 is 0. The molecular formula is C88H56B. The fourth-order valence-electron chi connectivity index (χ4n) is 15.9. The fourth-order valence-corrected chi connectivity index (χ4v) is 15.9. The first-order valence-corrected chi connectivity index (χ1v) is 30.4. The predicted molar refractivity (Wildman–Crippen MR) is 383 cm³/mol. The molecule has 0 atom stereocenters. The van der Waals surface area contributed by atoms with E-state index in [4.69, 9.17) is 0 Å². The molecule has 2 aliphatic rings. The monoisotopic (exact) mass is 1120 g/mol. The molecule has 0 unspecified atom stereocenters. The van der Waals surface area contributed by atoms with E-state index in [1.807, 2.05) is 0 Å². The van der Waals surface area contributed by atoms with E-state index in [9.17, 15) is 0 Å². The largest absolute Gasteiger partial charge is 0.0776 e. The molecule has 0 fully saturated rings. The summed E-state index contributed by atoms with van der Waals surface area (Å²) in [7, 11) is 0. The van der Waals surface area contributed by atoms with Gasteiger partial charge in [0.2, 0.25) is 0 Å². The molecule has 1 heteroatoms. The van der Waals surface area contributed by atoms with E-state index in [-0.39, 0.29) is 15.8 Å². The van der Waals surface area contributed by atoms with Gasteiger partial charge in [-0.25, -0.2) is 0 Å². The Kier molecular flexibility index (Phi) is 11.7. The van der Waals surface area contributed by atoms with Crippen LogP contribution in [0.25, 0.3) is 164 Å². The molecule has 0 aliphatic heterocycles. The van der Waals surface area contributed by atoms with Crippen LogP contribution in [-0.2, 0) is 5.41 Å². The average molecular weight is 1120 g/mol. The number of hydrogen-bond acceptors (Lipinski definition) is 0. The normalized spacial score (nSPS) is 12.6. The Morgan fingerprint density at radius 2 is 0.517 bits per heavy atom. The molecule has 20 rings (SSSR count). The molecule has 18 aromatic rings. The molecule has 0 saturated heterocycles. The Hall–Kier alpha value is -11.1. The highest BCUT2D eigenvalue weighted by Gasteiger charge is 2.52. The number of benzene rings is 18. The molecule has 0 nitrogen and oxygen atoms in total. The molecule has 0 bridgehead atoms. The molecule has 2 aliphatic carbocycles. The quantitative estimate of drug-likeness (QED) is 0.122. The molecule has 18 aromatic carbocycles. The summed E-state index contributed by atoms with van der Waals surface area (Å²) >= 11 is 0. The van der Waals surface area contributed by atoms with Crippen LogP contribution in [0.1, 0.15) is 29.7 Å². The smallest absolute Gasteiger partial charge is 0.0731 e. The summed E-state index contributed by atoms with van der Waals surface area (Å²) in [6.07, 6.45) is 0.